The molecule has 0 aliphatic rings. The summed E-state index contributed by atoms with van der Waals surface area (Å²) >= 11 is 0. The molecular weight excluding hydrogens is 234 g/mol. The van der Waals surface area contributed by atoms with Crippen molar-refractivity contribution in [3.8, 4) is 0 Å². The van der Waals surface area contributed by atoms with E-state index in [1.54, 1.807) is 6.26 Å². The summed E-state index contributed by atoms with van der Waals surface area (Å²) in [6.45, 7) is 6.74. The number of nitrogens with one attached hydrogen (secondary N) is 1. The van der Waals surface area contributed by atoms with Gasteiger partial charge in [-0.1, -0.05) is 44.2 Å². The number of hydrogen-bond donors (Lipinski definition) is 1. The van der Waals surface area contributed by atoms with Gasteiger partial charge < -0.3 is 9.73 Å². The second-order valence-corrected chi connectivity index (χ2v) is 5.56. The highest BCUT2D eigenvalue weighted by Crippen LogP contribution is 2.23. The summed E-state index contributed by atoms with van der Waals surface area (Å²) in [6, 6.07) is 15.0. The molecule has 0 amide bonds. The van der Waals surface area contributed by atoms with Crippen molar-refractivity contribution in [2.24, 2.45) is 5.92 Å². The van der Waals surface area contributed by atoms with Gasteiger partial charge >= 0.3 is 0 Å². The summed E-state index contributed by atoms with van der Waals surface area (Å²) in [7, 11) is 0. The molecule has 0 aliphatic heterocycles. The summed E-state index contributed by atoms with van der Waals surface area (Å²) in [5.74, 6) is 1.66. The van der Waals surface area contributed by atoms with Crippen molar-refractivity contribution in [2.45, 2.75) is 39.3 Å². The minimum absolute atomic E-state index is 0.130. The van der Waals surface area contributed by atoms with Crippen LogP contribution in [0.1, 0.15) is 44.6 Å². The lowest BCUT2D eigenvalue weighted by Gasteiger charge is -2.23. The number of hydrogen-bond acceptors (Lipinski definition) is 2. The third-order valence-corrected chi connectivity index (χ3v) is 3.24. The number of benzene rings is 1. The normalized spacial score (nSPS) is 14.5. The largest absolute Gasteiger partial charge is 0.467 e. The standard InChI is InChI=1S/C17H23NO/c1-13(2)12-14(3)18-17(16-10-7-11-19-16)15-8-5-4-6-9-15/h4-11,13-14,17-18H,12H2,1-3H3. The summed E-state index contributed by atoms with van der Waals surface area (Å²) < 4.78 is 5.59. The van der Waals surface area contributed by atoms with Gasteiger partial charge in [-0.2, -0.15) is 0 Å². The van der Waals surface area contributed by atoms with Crippen LogP contribution in [-0.2, 0) is 0 Å². The van der Waals surface area contributed by atoms with Crippen LogP contribution >= 0.6 is 0 Å². The minimum Gasteiger partial charge on any atom is -0.467 e. The molecule has 2 nitrogen and oxygen atoms in total. The third kappa shape index (κ3) is 3.97. The van der Waals surface area contributed by atoms with Crippen molar-refractivity contribution < 1.29 is 4.42 Å². The predicted molar refractivity (Wildman–Crippen MR) is 79.0 cm³/mol. The van der Waals surface area contributed by atoms with Gasteiger partial charge in [0.1, 0.15) is 5.76 Å². The quantitative estimate of drug-likeness (QED) is 0.830. The van der Waals surface area contributed by atoms with Crippen LogP contribution in [0.15, 0.2) is 53.1 Å². The molecule has 1 aromatic carbocycles. The zero-order valence-corrected chi connectivity index (χ0v) is 12.0. The average molecular weight is 257 g/mol. The molecule has 2 aromatic rings. The lowest BCUT2D eigenvalue weighted by atomic mass is 10.0. The van der Waals surface area contributed by atoms with Crippen molar-refractivity contribution >= 4 is 0 Å². The average Bonchev–Trinajstić information content (AvgIpc) is 2.90. The first kappa shape index (κ1) is 13.9. The highest BCUT2D eigenvalue weighted by molar-refractivity contribution is 5.26. The Hall–Kier alpha value is -1.54. The van der Waals surface area contributed by atoms with Gasteiger partial charge in [0.2, 0.25) is 0 Å². The van der Waals surface area contributed by atoms with Crippen LogP contribution in [0, 0.1) is 5.92 Å². The van der Waals surface area contributed by atoms with E-state index in [0.717, 1.165) is 12.2 Å². The van der Waals surface area contributed by atoms with Crippen LogP contribution in [-0.4, -0.2) is 6.04 Å². The summed E-state index contributed by atoms with van der Waals surface area (Å²) in [5.41, 5.74) is 1.24. The molecule has 2 unspecified atom stereocenters. The van der Waals surface area contributed by atoms with Gasteiger partial charge in [-0.25, -0.2) is 0 Å². The molecule has 19 heavy (non-hydrogen) atoms. The number of rotatable bonds is 6. The first-order chi connectivity index (χ1) is 9.16. The van der Waals surface area contributed by atoms with E-state index in [1.165, 1.54) is 5.56 Å². The molecule has 2 atom stereocenters. The molecule has 0 saturated heterocycles. The summed E-state index contributed by atoms with van der Waals surface area (Å²) in [5, 5.41) is 3.67. The smallest absolute Gasteiger partial charge is 0.125 e. The molecule has 102 valence electrons. The molecule has 1 aromatic heterocycles. The van der Waals surface area contributed by atoms with Crippen LogP contribution in [0.2, 0.25) is 0 Å². The summed E-state index contributed by atoms with van der Waals surface area (Å²) in [4.78, 5) is 0. The molecule has 0 aliphatic carbocycles. The van der Waals surface area contributed by atoms with E-state index in [0.29, 0.717) is 12.0 Å². The van der Waals surface area contributed by atoms with Crippen molar-refractivity contribution in [3.63, 3.8) is 0 Å². The molecule has 2 rings (SSSR count). The topological polar surface area (TPSA) is 25.2 Å². The lowest BCUT2D eigenvalue weighted by Crippen LogP contribution is -2.32. The second-order valence-electron chi connectivity index (χ2n) is 5.56. The monoisotopic (exact) mass is 257 g/mol. The third-order valence-electron chi connectivity index (χ3n) is 3.24. The molecule has 0 saturated carbocycles. The Morgan fingerprint density at radius 3 is 2.32 bits per heavy atom. The van der Waals surface area contributed by atoms with E-state index in [4.69, 9.17) is 4.42 Å². The van der Waals surface area contributed by atoms with Gasteiger partial charge in [-0.15, -0.1) is 0 Å². The SMILES string of the molecule is CC(C)CC(C)NC(c1ccccc1)c1ccco1. The van der Waals surface area contributed by atoms with Crippen LogP contribution in [0.25, 0.3) is 0 Å². The molecule has 1 N–H and O–H groups in total. The van der Waals surface area contributed by atoms with Gasteiger partial charge in [0.15, 0.2) is 0 Å². The Balaban J connectivity index is 2.16. The van der Waals surface area contributed by atoms with Crippen LogP contribution in [0.5, 0.6) is 0 Å². The van der Waals surface area contributed by atoms with Crippen molar-refractivity contribution in [2.75, 3.05) is 0 Å². The molecule has 0 bridgehead atoms. The van der Waals surface area contributed by atoms with Crippen molar-refractivity contribution in [3.05, 3.63) is 60.1 Å². The minimum atomic E-state index is 0.130. The zero-order chi connectivity index (χ0) is 13.7. The first-order valence-electron chi connectivity index (χ1n) is 7.01. The number of furan rings is 1. The van der Waals surface area contributed by atoms with Crippen molar-refractivity contribution in [1.82, 2.24) is 5.32 Å². The molecule has 2 heteroatoms. The van der Waals surface area contributed by atoms with E-state index in [-0.39, 0.29) is 6.04 Å². The molecule has 0 spiro atoms. The second kappa shape index (κ2) is 6.58. The predicted octanol–water partition coefficient (Wildman–Crippen LogP) is 4.39. The maximum Gasteiger partial charge on any atom is 0.125 e. The Kier molecular flexibility index (Phi) is 4.80. The van der Waals surface area contributed by atoms with Gasteiger partial charge in [0.25, 0.3) is 0 Å². The fourth-order valence-corrected chi connectivity index (χ4v) is 2.50. The highest BCUT2D eigenvalue weighted by atomic mass is 16.3. The molecule has 0 radical (unpaired) electrons. The summed E-state index contributed by atoms with van der Waals surface area (Å²) in [6.07, 6.45) is 2.89. The lowest BCUT2D eigenvalue weighted by molar-refractivity contribution is 0.378. The van der Waals surface area contributed by atoms with E-state index in [2.05, 4.69) is 50.4 Å². The zero-order valence-electron chi connectivity index (χ0n) is 12.0. The van der Waals surface area contributed by atoms with Gasteiger partial charge in [-0.3, -0.25) is 0 Å². The van der Waals surface area contributed by atoms with Crippen LogP contribution in [0.3, 0.4) is 0 Å². The Bertz CT molecular complexity index is 461. The Morgan fingerprint density at radius 2 is 1.74 bits per heavy atom. The van der Waals surface area contributed by atoms with Gasteiger partial charge in [-0.05, 0) is 37.0 Å². The van der Waals surface area contributed by atoms with Gasteiger partial charge in [0.05, 0.1) is 12.3 Å². The molecular formula is C17H23NO. The Labute approximate surface area is 115 Å². The van der Waals surface area contributed by atoms with E-state index >= 15 is 0 Å². The maximum absolute atomic E-state index is 5.59. The molecule has 0 fully saturated rings. The van der Waals surface area contributed by atoms with Gasteiger partial charge in [0, 0.05) is 6.04 Å². The van der Waals surface area contributed by atoms with Crippen molar-refractivity contribution in [1.29, 1.82) is 0 Å². The fourth-order valence-electron chi connectivity index (χ4n) is 2.50. The highest BCUT2D eigenvalue weighted by Gasteiger charge is 2.19. The fraction of sp³-hybridized carbons (Fsp3) is 0.412. The first-order valence-corrected chi connectivity index (χ1v) is 7.01. The van der Waals surface area contributed by atoms with Crippen LogP contribution < -0.4 is 5.32 Å². The molecule has 1 heterocycles. The van der Waals surface area contributed by atoms with Crippen LogP contribution in [0.4, 0.5) is 0 Å². The van der Waals surface area contributed by atoms with E-state index < -0.39 is 0 Å². The Morgan fingerprint density at radius 1 is 1.00 bits per heavy atom. The van der Waals surface area contributed by atoms with E-state index in [1.807, 2.05) is 18.2 Å². The maximum atomic E-state index is 5.59. The van der Waals surface area contributed by atoms with E-state index in [9.17, 15) is 0 Å².